The minimum atomic E-state index is -3.40. The number of hydrogen-bond acceptors (Lipinski definition) is 7. The molecule has 1 atom stereocenters. The molecule has 0 bridgehead atoms. The van der Waals surface area contributed by atoms with Crippen LogP contribution in [0.2, 0.25) is 0 Å². The Bertz CT molecular complexity index is 401. The minimum Gasteiger partial charge on any atom is -0.466 e. The highest BCUT2D eigenvalue weighted by atomic mass is 31.2. The molecule has 7 nitrogen and oxygen atoms in total. The third-order valence-corrected chi connectivity index (χ3v) is 5.23. The second-order valence-electron chi connectivity index (χ2n) is 5.25. The zero-order valence-electron chi connectivity index (χ0n) is 15.2. The van der Waals surface area contributed by atoms with E-state index >= 15 is 0 Å². The Kier molecular flexibility index (Phi) is 12.9. The summed E-state index contributed by atoms with van der Waals surface area (Å²) in [6, 6.07) is 0. The number of carbonyl (C=O) groups excluding carboxylic acids is 2. The lowest BCUT2D eigenvalue weighted by atomic mass is 10.1. The monoisotopic (exact) mass is 366 g/mol. The van der Waals surface area contributed by atoms with E-state index in [1.165, 1.54) is 0 Å². The van der Waals surface area contributed by atoms with Gasteiger partial charge < -0.3 is 18.5 Å². The summed E-state index contributed by atoms with van der Waals surface area (Å²) in [7, 11) is -3.40. The van der Waals surface area contributed by atoms with Crippen molar-refractivity contribution in [3.05, 3.63) is 0 Å². The molecule has 142 valence electrons. The molecule has 0 aromatic heterocycles. The van der Waals surface area contributed by atoms with Crippen molar-refractivity contribution in [2.24, 2.45) is 5.92 Å². The van der Waals surface area contributed by atoms with Crippen LogP contribution in [0.1, 0.15) is 53.4 Å². The van der Waals surface area contributed by atoms with Crippen molar-refractivity contribution < 1.29 is 32.7 Å². The predicted octanol–water partition coefficient (Wildman–Crippen LogP) is 3.56. The Morgan fingerprint density at radius 2 is 1.46 bits per heavy atom. The van der Waals surface area contributed by atoms with Crippen LogP contribution in [-0.2, 0) is 32.7 Å². The first-order chi connectivity index (χ1) is 11.4. The van der Waals surface area contributed by atoms with Gasteiger partial charge in [-0.05, 0) is 33.1 Å². The molecule has 8 heteroatoms. The maximum Gasteiger partial charge on any atom is 0.331 e. The molecule has 1 unspecified atom stereocenters. The normalized spacial score (nSPS) is 12.7. The fraction of sp³-hybridized carbons (Fsp3) is 0.875. The van der Waals surface area contributed by atoms with Crippen LogP contribution in [0.25, 0.3) is 0 Å². The third-order valence-electron chi connectivity index (χ3n) is 3.04. The second-order valence-corrected chi connectivity index (χ2v) is 7.36. The lowest BCUT2D eigenvalue weighted by Crippen LogP contribution is -2.24. The van der Waals surface area contributed by atoms with Crippen LogP contribution < -0.4 is 0 Å². The van der Waals surface area contributed by atoms with Gasteiger partial charge in [0.25, 0.3) is 0 Å². The van der Waals surface area contributed by atoms with Gasteiger partial charge in [-0.3, -0.25) is 14.2 Å². The quantitative estimate of drug-likeness (QED) is 0.343. The third kappa shape index (κ3) is 10.1. The summed E-state index contributed by atoms with van der Waals surface area (Å²) >= 11 is 0. The SMILES string of the molecule is CCCOC(=O)CCC(CP(=O)(OCC)OCC)C(=O)OCCC. The van der Waals surface area contributed by atoms with Crippen molar-refractivity contribution in [3.8, 4) is 0 Å². The lowest BCUT2D eigenvalue weighted by molar-refractivity contribution is -0.149. The molecule has 0 saturated heterocycles. The second kappa shape index (κ2) is 13.4. The molecule has 24 heavy (non-hydrogen) atoms. The summed E-state index contributed by atoms with van der Waals surface area (Å²) in [5, 5.41) is 0. The van der Waals surface area contributed by atoms with E-state index in [1.807, 2.05) is 13.8 Å². The summed E-state index contributed by atoms with van der Waals surface area (Å²) < 4.78 is 33.3. The Morgan fingerprint density at radius 3 is 1.96 bits per heavy atom. The van der Waals surface area contributed by atoms with Gasteiger partial charge in [-0.25, -0.2) is 0 Å². The molecular formula is C16H31O7P. The zero-order chi connectivity index (χ0) is 18.4. The molecule has 0 amide bonds. The predicted molar refractivity (Wildman–Crippen MR) is 90.9 cm³/mol. The Morgan fingerprint density at radius 1 is 0.917 bits per heavy atom. The van der Waals surface area contributed by atoms with Gasteiger partial charge in [-0.15, -0.1) is 0 Å². The van der Waals surface area contributed by atoms with Gasteiger partial charge in [-0.1, -0.05) is 13.8 Å². The van der Waals surface area contributed by atoms with E-state index in [1.54, 1.807) is 13.8 Å². The summed E-state index contributed by atoms with van der Waals surface area (Å²) in [4.78, 5) is 23.9. The molecule has 0 aliphatic carbocycles. The van der Waals surface area contributed by atoms with Crippen LogP contribution in [-0.4, -0.2) is 44.5 Å². The van der Waals surface area contributed by atoms with Crippen molar-refractivity contribution in [1.29, 1.82) is 0 Å². The van der Waals surface area contributed by atoms with Crippen molar-refractivity contribution in [1.82, 2.24) is 0 Å². The van der Waals surface area contributed by atoms with E-state index in [-0.39, 0.29) is 44.8 Å². The van der Waals surface area contributed by atoms with E-state index in [0.29, 0.717) is 13.0 Å². The maximum atomic E-state index is 12.7. The molecule has 0 aromatic carbocycles. The number of esters is 2. The van der Waals surface area contributed by atoms with Gasteiger partial charge in [0, 0.05) is 6.42 Å². The van der Waals surface area contributed by atoms with Gasteiger partial charge in [0.1, 0.15) is 0 Å². The van der Waals surface area contributed by atoms with Gasteiger partial charge in [0.05, 0.1) is 38.5 Å². The first-order valence-electron chi connectivity index (χ1n) is 8.62. The average molecular weight is 366 g/mol. The van der Waals surface area contributed by atoms with E-state index in [9.17, 15) is 14.2 Å². The Hall–Kier alpha value is -0.910. The topological polar surface area (TPSA) is 88.1 Å². The summed E-state index contributed by atoms with van der Waals surface area (Å²) in [5.74, 6) is -1.60. The van der Waals surface area contributed by atoms with Crippen LogP contribution in [0.4, 0.5) is 0 Å². The Labute approximate surface area is 144 Å². The van der Waals surface area contributed by atoms with Gasteiger partial charge in [0.2, 0.25) is 0 Å². The summed E-state index contributed by atoms with van der Waals surface area (Å²) in [5.41, 5.74) is 0. The first kappa shape index (κ1) is 23.1. The van der Waals surface area contributed by atoms with Crippen LogP contribution >= 0.6 is 7.60 Å². The summed E-state index contributed by atoms with van der Waals surface area (Å²) in [6.07, 6.45) is 1.57. The Balaban J connectivity index is 4.87. The highest BCUT2D eigenvalue weighted by molar-refractivity contribution is 7.53. The zero-order valence-corrected chi connectivity index (χ0v) is 16.1. The van der Waals surface area contributed by atoms with Gasteiger partial charge >= 0.3 is 19.5 Å². The van der Waals surface area contributed by atoms with Crippen LogP contribution in [0.5, 0.6) is 0 Å². The molecule has 0 aliphatic rings. The molecule has 0 aliphatic heterocycles. The minimum absolute atomic E-state index is 0.0597. The molecule has 0 saturated carbocycles. The number of ether oxygens (including phenoxy) is 2. The molecule has 0 rings (SSSR count). The van der Waals surface area contributed by atoms with E-state index < -0.39 is 19.5 Å². The van der Waals surface area contributed by atoms with Gasteiger partial charge in [0.15, 0.2) is 0 Å². The fourth-order valence-corrected chi connectivity index (χ4v) is 3.93. The highest BCUT2D eigenvalue weighted by Crippen LogP contribution is 2.50. The van der Waals surface area contributed by atoms with Crippen molar-refractivity contribution in [2.45, 2.75) is 53.4 Å². The highest BCUT2D eigenvalue weighted by Gasteiger charge is 2.33. The van der Waals surface area contributed by atoms with E-state index in [0.717, 1.165) is 6.42 Å². The van der Waals surface area contributed by atoms with Crippen LogP contribution in [0, 0.1) is 5.92 Å². The van der Waals surface area contributed by atoms with Crippen molar-refractivity contribution >= 4 is 19.5 Å². The van der Waals surface area contributed by atoms with Crippen LogP contribution in [0.3, 0.4) is 0 Å². The smallest absolute Gasteiger partial charge is 0.331 e. The fourth-order valence-electron chi connectivity index (χ4n) is 1.99. The maximum absolute atomic E-state index is 12.7. The number of rotatable bonds is 14. The van der Waals surface area contributed by atoms with Crippen molar-refractivity contribution in [3.63, 3.8) is 0 Å². The molecular weight excluding hydrogens is 335 g/mol. The van der Waals surface area contributed by atoms with E-state index in [4.69, 9.17) is 18.5 Å². The van der Waals surface area contributed by atoms with Crippen LogP contribution in [0.15, 0.2) is 0 Å². The number of hydrogen-bond donors (Lipinski definition) is 0. The standard InChI is InChI=1S/C16H31O7P/c1-5-11-20-15(17)10-9-14(16(18)21-12-6-2)13-24(19,22-7-3)23-8-4/h14H,5-13H2,1-4H3. The molecule has 0 N–H and O–H groups in total. The number of carbonyl (C=O) groups is 2. The largest absolute Gasteiger partial charge is 0.466 e. The lowest BCUT2D eigenvalue weighted by Gasteiger charge is -2.22. The molecule has 0 spiro atoms. The first-order valence-corrected chi connectivity index (χ1v) is 10.4. The molecule has 0 fully saturated rings. The molecule has 0 aromatic rings. The summed E-state index contributed by atoms with van der Waals surface area (Å²) in [6.45, 7) is 8.26. The van der Waals surface area contributed by atoms with E-state index in [2.05, 4.69) is 0 Å². The van der Waals surface area contributed by atoms with Gasteiger partial charge in [-0.2, -0.15) is 0 Å². The molecule has 0 radical (unpaired) electrons. The average Bonchev–Trinajstić information content (AvgIpc) is 2.54. The molecule has 0 heterocycles. The van der Waals surface area contributed by atoms with Crippen molar-refractivity contribution in [2.75, 3.05) is 32.6 Å².